The van der Waals surface area contributed by atoms with Crippen molar-refractivity contribution in [3.05, 3.63) is 53.4 Å². The molecule has 0 atom stereocenters. The molecule has 0 aliphatic carbocycles. The number of aromatic nitrogens is 1. The van der Waals surface area contributed by atoms with Crippen LogP contribution >= 0.6 is 34.5 Å². The van der Waals surface area contributed by atoms with Crippen LogP contribution in [-0.2, 0) is 20.9 Å². The zero-order valence-electron chi connectivity index (χ0n) is 17.4. The first-order chi connectivity index (χ1) is 14.8. The van der Waals surface area contributed by atoms with Crippen LogP contribution in [0.15, 0.2) is 23.0 Å². The van der Waals surface area contributed by atoms with Gasteiger partial charge >= 0.3 is 5.97 Å². The van der Waals surface area contributed by atoms with E-state index in [1.165, 1.54) is 10.6 Å². The first-order valence-corrected chi connectivity index (χ1v) is 11.7. The van der Waals surface area contributed by atoms with Crippen LogP contribution in [0.3, 0.4) is 0 Å². The number of carbonyl (C=O) groups is 2. The molecular weight excluding hydrogens is 459 g/mol. The predicted octanol–water partition coefficient (Wildman–Crippen LogP) is 2.65. The lowest BCUT2D eigenvalue weighted by Gasteiger charge is -2.30. The van der Waals surface area contributed by atoms with E-state index in [9.17, 15) is 14.4 Å². The van der Waals surface area contributed by atoms with Crippen molar-refractivity contribution >= 4 is 58.6 Å². The lowest BCUT2D eigenvalue weighted by atomic mass is 9.99. The van der Waals surface area contributed by atoms with Crippen LogP contribution in [0.1, 0.15) is 32.3 Å². The molecule has 9 heteroatoms. The second-order valence-electron chi connectivity index (χ2n) is 7.47. The number of nitrogens with zero attached hydrogens (tertiary/aromatic N) is 2. The van der Waals surface area contributed by atoms with Gasteiger partial charge in [0.2, 0.25) is 5.91 Å². The zero-order valence-corrected chi connectivity index (χ0v) is 19.7. The molecule has 6 nitrogen and oxygen atoms in total. The highest BCUT2D eigenvalue weighted by atomic mass is 35.5. The van der Waals surface area contributed by atoms with Crippen molar-refractivity contribution in [2.75, 3.05) is 19.7 Å². The molecular formula is C22H24Cl2N2O4S. The van der Waals surface area contributed by atoms with Crippen LogP contribution in [0.5, 0.6) is 0 Å². The molecule has 1 aromatic carbocycles. The molecule has 1 aromatic heterocycles. The van der Waals surface area contributed by atoms with Crippen LogP contribution < -0.4 is 14.8 Å². The van der Waals surface area contributed by atoms with E-state index in [0.29, 0.717) is 43.8 Å². The molecule has 2 heterocycles. The number of rotatable bonds is 5. The summed E-state index contributed by atoms with van der Waals surface area (Å²) in [4.78, 5) is 39.8. The normalized spacial score (nSPS) is 16.1. The lowest BCUT2D eigenvalue weighted by molar-refractivity contribution is -0.136. The third kappa shape index (κ3) is 5.99. The standard InChI is InChI=1S/C22H24Cl2N2O4S/c1-3-30-21(28)12-20-26(13-19(27)25-8-6-14(2)7-9-25)22(29)18(31-20)10-15-4-5-16(23)11-17(15)24/h4-5,10-12,14H,3,6-9,13H2,1-2H3/b18-10+,20-12-. The summed E-state index contributed by atoms with van der Waals surface area (Å²) in [5.41, 5.74) is 0.265. The fraction of sp³-hybridized carbons (Fsp3) is 0.409. The summed E-state index contributed by atoms with van der Waals surface area (Å²) in [5, 5.41) is 0.893. The van der Waals surface area contributed by atoms with E-state index in [2.05, 4.69) is 6.92 Å². The molecule has 31 heavy (non-hydrogen) atoms. The van der Waals surface area contributed by atoms with Gasteiger partial charge in [-0.25, -0.2) is 4.79 Å². The van der Waals surface area contributed by atoms with E-state index in [4.69, 9.17) is 27.9 Å². The fourth-order valence-electron chi connectivity index (χ4n) is 3.33. The Labute approximate surface area is 194 Å². The first kappa shape index (κ1) is 23.6. The smallest absolute Gasteiger partial charge is 0.333 e. The number of hydrogen-bond acceptors (Lipinski definition) is 5. The van der Waals surface area contributed by atoms with Crippen molar-refractivity contribution in [1.29, 1.82) is 0 Å². The van der Waals surface area contributed by atoms with Gasteiger partial charge in [-0.2, -0.15) is 0 Å². The average molecular weight is 483 g/mol. The van der Waals surface area contributed by atoms with Crippen molar-refractivity contribution in [2.24, 2.45) is 5.92 Å². The molecule has 0 N–H and O–H groups in total. The summed E-state index contributed by atoms with van der Waals surface area (Å²) in [6.45, 7) is 5.31. The van der Waals surface area contributed by atoms with Gasteiger partial charge in [0.05, 0.1) is 17.2 Å². The average Bonchev–Trinajstić information content (AvgIpc) is 2.99. The van der Waals surface area contributed by atoms with Gasteiger partial charge in [-0.3, -0.25) is 14.2 Å². The molecule has 1 fully saturated rings. The summed E-state index contributed by atoms with van der Waals surface area (Å²) in [7, 11) is 0. The van der Waals surface area contributed by atoms with Gasteiger partial charge in [-0.1, -0.05) is 36.2 Å². The highest BCUT2D eigenvalue weighted by Gasteiger charge is 2.21. The number of esters is 1. The van der Waals surface area contributed by atoms with E-state index in [-0.39, 0.29) is 24.6 Å². The Balaban J connectivity index is 2.02. The van der Waals surface area contributed by atoms with Gasteiger partial charge in [-0.05, 0) is 49.5 Å². The molecule has 0 bridgehead atoms. The maximum absolute atomic E-state index is 13.1. The highest BCUT2D eigenvalue weighted by Crippen LogP contribution is 2.21. The van der Waals surface area contributed by atoms with Gasteiger partial charge < -0.3 is 9.64 Å². The van der Waals surface area contributed by atoms with E-state index in [1.54, 1.807) is 36.1 Å². The molecule has 0 unspecified atom stereocenters. The number of ether oxygens (including phenoxy) is 1. The minimum atomic E-state index is -0.562. The molecule has 1 aliphatic heterocycles. The molecule has 0 saturated carbocycles. The largest absolute Gasteiger partial charge is 0.463 e. The van der Waals surface area contributed by atoms with Crippen LogP contribution in [0, 0.1) is 5.92 Å². The van der Waals surface area contributed by atoms with Crippen LogP contribution in [0.4, 0.5) is 0 Å². The van der Waals surface area contributed by atoms with Crippen LogP contribution in [0.25, 0.3) is 12.2 Å². The quantitative estimate of drug-likeness (QED) is 0.614. The second-order valence-corrected chi connectivity index (χ2v) is 9.37. The Hall–Kier alpha value is -2.09. The summed E-state index contributed by atoms with van der Waals surface area (Å²) in [5.74, 6) is -0.111. The SMILES string of the molecule is CCOC(=O)/C=c1\s/c(=C/c2ccc(Cl)cc2Cl)c(=O)n1CC(=O)N1CCC(C)CC1. The van der Waals surface area contributed by atoms with Gasteiger partial charge in [0.1, 0.15) is 11.2 Å². The minimum Gasteiger partial charge on any atom is -0.463 e. The monoisotopic (exact) mass is 482 g/mol. The van der Waals surface area contributed by atoms with Crippen molar-refractivity contribution < 1.29 is 14.3 Å². The number of piperidine rings is 1. The first-order valence-electron chi connectivity index (χ1n) is 10.1. The maximum Gasteiger partial charge on any atom is 0.333 e. The Kier molecular flexibility index (Phi) is 7.97. The molecule has 0 spiro atoms. The number of thiazole rings is 1. The minimum absolute atomic E-state index is 0.128. The van der Waals surface area contributed by atoms with E-state index in [0.717, 1.165) is 24.2 Å². The molecule has 1 amide bonds. The molecule has 1 saturated heterocycles. The van der Waals surface area contributed by atoms with Crippen LogP contribution in [-0.4, -0.2) is 41.0 Å². The van der Waals surface area contributed by atoms with Crippen molar-refractivity contribution in [3.63, 3.8) is 0 Å². The molecule has 166 valence electrons. The summed E-state index contributed by atoms with van der Waals surface area (Å²) >= 11 is 13.3. The topological polar surface area (TPSA) is 68.6 Å². The molecule has 2 aromatic rings. The van der Waals surface area contributed by atoms with Gasteiger partial charge in [0, 0.05) is 23.1 Å². The lowest BCUT2D eigenvalue weighted by Crippen LogP contribution is -2.43. The number of amides is 1. The fourth-order valence-corrected chi connectivity index (χ4v) is 4.82. The van der Waals surface area contributed by atoms with Crippen molar-refractivity contribution in [2.45, 2.75) is 33.2 Å². The molecule has 3 rings (SSSR count). The Morgan fingerprint density at radius 1 is 1.26 bits per heavy atom. The predicted molar refractivity (Wildman–Crippen MR) is 124 cm³/mol. The third-order valence-electron chi connectivity index (χ3n) is 5.14. The number of likely N-dealkylation sites (tertiary alicyclic amines) is 1. The van der Waals surface area contributed by atoms with E-state index < -0.39 is 5.97 Å². The van der Waals surface area contributed by atoms with Gasteiger partial charge in [0.25, 0.3) is 5.56 Å². The summed E-state index contributed by atoms with van der Waals surface area (Å²) in [6, 6.07) is 4.98. The van der Waals surface area contributed by atoms with E-state index >= 15 is 0 Å². The Morgan fingerprint density at radius 3 is 2.61 bits per heavy atom. The molecule has 1 aliphatic rings. The number of hydrogen-bond donors (Lipinski definition) is 0. The van der Waals surface area contributed by atoms with Crippen molar-refractivity contribution in [3.8, 4) is 0 Å². The number of carbonyl (C=O) groups excluding carboxylic acids is 2. The van der Waals surface area contributed by atoms with Gasteiger partial charge in [-0.15, -0.1) is 11.3 Å². The highest BCUT2D eigenvalue weighted by molar-refractivity contribution is 7.07. The Bertz CT molecular complexity index is 1150. The molecule has 0 radical (unpaired) electrons. The van der Waals surface area contributed by atoms with E-state index in [1.807, 2.05) is 0 Å². The second kappa shape index (κ2) is 10.5. The number of halogens is 2. The maximum atomic E-state index is 13.1. The number of benzene rings is 1. The van der Waals surface area contributed by atoms with Crippen LogP contribution in [0.2, 0.25) is 10.0 Å². The zero-order chi connectivity index (χ0) is 22.5. The Morgan fingerprint density at radius 2 is 1.97 bits per heavy atom. The summed E-state index contributed by atoms with van der Waals surface area (Å²) < 4.78 is 7.04. The van der Waals surface area contributed by atoms with Gasteiger partial charge in [0.15, 0.2) is 0 Å². The third-order valence-corrected chi connectivity index (χ3v) is 6.77. The summed E-state index contributed by atoms with van der Waals surface area (Å²) in [6.07, 6.45) is 4.78. The van der Waals surface area contributed by atoms with Crippen molar-refractivity contribution in [1.82, 2.24) is 9.47 Å².